The van der Waals surface area contributed by atoms with Gasteiger partial charge >= 0.3 is 0 Å². The standard InChI is InChI=1S/C21H19IN4O4/c22-19-17(12-8-10-25(19)11-9-12)23-20(27)15-2-1-3-16-18(15)24-21(30-16)13-4-6-14(7-5-13)26(28)29/h1-7,12,17,19H,8-11H2,(H,23,27). The summed E-state index contributed by atoms with van der Waals surface area (Å²) >= 11 is 2.43. The number of fused-ring (bicyclic) bond motifs is 4. The van der Waals surface area contributed by atoms with Crippen molar-refractivity contribution >= 4 is 45.3 Å². The van der Waals surface area contributed by atoms with E-state index in [4.69, 9.17) is 4.42 Å². The first-order valence-electron chi connectivity index (χ1n) is 9.84. The Labute approximate surface area is 185 Å². The van der Waals surface area contributed by atoms with Crippen molar-refractivity contribution in [2.45, 2.75) is 22.9 Å². The number of hydrogen-bond donors (Lipinski definition) is 1. The van der Waals surface area contributed by atoms with Gasteiger partial charge in [0.05, 0.1) is 20.6 Å². The van der Waals surface area contributed by atoms with Crippen molar-refractivity contribution in [2.75, 3.05) is 13.1 Å². The maximum Gasteiger partial charge on any atom is 0.269 e. The second kappa shape index (κ2) is 7.62. The van der Waals surface area contributed by atoms with Crippen molar-refractivity contribution < 1.29 is 14.1 Å². The van der Waals surface area contributed by atoms with E-state index in [2.05, 4.69) is 37.8 Å². The summed E-state index contributed by atoms with van der Waals surface area (Å²) in [6.45, 7) is 2.20. The van der Waals surface area contributed by atoms with E-state index in [0.717, 1.165) is 25.9 Å². The van der Waals surface area contributed by atoms with Crippen LogP contribution >= 0.6 is 22.6 Å². The van der Waals surface area contributed by atoms with Crippen LogP contribution in [0.25, 0.3) is 22.6 Å². The van der Waals surface area contributed by atoms with Crippen molar-refractivity contribution in [3.05, 3.63) is 58.1 Å². The molecular formula is C21H19IN4O4. The number of carbonyl (C=O) groups is 1. The van der Waals surface area contributed by atoms with Crippen LogP contribution in [0.1, 0.15) is 23.2 Å². The fourth-order valence-corrected chi connectivity index (χ4v) is 5.70. The highest BCUT2D eigenvalue weighted by Gasteiger charge is 2.41. The van der Waals surface area contributed by atoms with Gasteiger partial charge in [0.1, 0.15) is 5.52 Å². The van der Waals surface area contributed by atoms with Gasteiger partial charge in [-0.25, -0.2) is 4.98 Å². The lowest BCUT2D eigenvalue weighted by molar-refractivity contribution is -0.384. The number of alkyl halides is 1. The Kier molecular flexibility index (Phi) is 4.94. The summed E-state index contributed by atoms with van der Waals surface area (Å²) in [5, 5.41) is 14.1. The highest BCUT2D eigenvalue weighted by molar-refractivity contribution is 14.1. The van der Waals surface area contributed by atoms with E-state index in [9.17, 15) is 14.9 Å². The highest BCUT2D eigenvalue weighted by atomic mass is 127. The molecule has 0 saturated carbocycles. The fraction of sp³-hybridized carbons (Fsp3) is 0.333. The summed E-state index contributed by atoms with van der Waals surface area (Å²) in [6.07, 6.45) is 2.23. The number of carbonyl (C=O) groups excluding carboxylic acids is 1. The summed E-state index contributed by atoms with van der Waals surface area (Å²) in [4.78, 5) is 30.5. The Morgan fingerprint density at radius 1 is 1.20 bits per heavy atom. The highest BCUT2D eigenvalue weighted by Crippen LogP contribution is 2.35. The van der Waals surface area contributed by atoms with Crippen LogP contribution in [0.15, 0.2) is 46.9 Å². The maximum atomic E-state index is 13.1. The van der Waals surface area contributed by atoms with Gasteiger partial charge in [-0.05, 0) is 56.1 Å². The third-order valence-corrected chi connectivity index (χ3v) is 7.58. The van der Waals surface area contributed by atoms with Gasteiger partial charge in [-0.15, -0.1) is 0 Å². The first kappa shape index (κ1) is 19.4. The number of nitrogens with zero attached hydrogens (tertiary/aromatic N) is 3. The summed E-state index contributed by atoms with van der Waals surface area (Å²) < 4.78 is 6.13. The van der Waals surface area contributed by atoms with Crippen LogP contribution < -0.4 is 5.32 Å². The number of halogens is 1. The van der Waals surface area contributed by atoms with Gasteiger partial charge in [0.2, 0.25) is 5.89 Å². The molecule has 9 heteroatoms. The average molecular weight is 518 g/mol. The van der Waals surface area contributed by atoms with Crippen LogP contribution in [0.4, 0.5) is 5.69 Å². The average Bonchev–Trinajstić information content (AvgIpc) is 3.21. The molecule has 3 fully saturated rings. The Bertz CT molecular complexity index is 1120. The molecule has 2 aromatic carbocycles. The normalized spacial score (nSPS) is 25.4. The number of amides is 1. The van der Waals surface area contributed by atoms with E-state index in [1.807, 2.05) is 0 Å². The molecule has 154 valence electrons. The van der Waals surface area contributed by atoms with Gasteiger partial charge in [0.25, 0.3) is 11.6 Å². The van der Waals surface area contributed by atoms with Gasteiger partial charge < -0.3 is 9.73 Å². The third-order valence-electron chi connectivity index (χ3n) is 6.01. The second-order valence-electron chi connectivity index (χ2n) is 7.72. The predicted molar refractivity (Wildman–Crippen MR) is 119 cm³/mol. The van der Waals surface area contributed by atoms with Gasteiger partial charge in [0.15, 0.2) is 5.58 Å². The molecule has 8 nitrogen and oxygen atoms in total. The zero-order chi connectivity index (χ0) is 20.8. The number of non-ortho nitro benzene ring substituents is 1. The molecule has 2 unspecified atom stereocenters. The van der Waals surface area contributed by atoms with Crippen LogP contribution in [0.3, 0.4) is 0 Å². The number of rotatable bonds is 4. The quantitative estimate of drug-likeness (QED) is 0.184. The first-order chi connectivity index (χ1) is 14.5. The predicted octanol–water partition coefficient (Wildman–Crippen LogP) is 3.99. The van der Waals surface area contributed by atoms with Gasteiger partial charge in [-0.2, -0.15) is 0 Å². The van der Waals surface area contributed by atoms with E-state index in [1.54, 1.807) is 30.3 Å². The molecule has 30 heavy (non-hydrogen) atoms. The lowest BCUT2D eigenvalue weighted by Crippen LogP contribution is -2.61. The molecule has 2 atom stereocenters. The van der Waals surface area contributed by atoms with E-state index >= 15 is 0 Å². The number of aromatic nitrogens is 1. The van der Waals surface area contributed by atoms with Crippen LogP contribution in [-0.4, -0.2) is 43.9 Å². The Balaban J connectivity index is 1.43. The summed E-state index contributed by atoms with van der Waals surface area (Å²) in [7, 11) is 0. The molecule has 0 radical (unpaired) electrons. The molecule has 3 aliphatic heterocycles. The van der Waals surface area contributed by atoms with Crippen molar-refractivity contribution in [3.8, 4) is 11.5 Å². The molecule has 0 aliphatic carbocycles. The number of oxazole rings is 1. The molecule has 3 aromatic rings. The lowest BCUT2D eigenvalue weighted by Gasteiger charge is -2.48. The van der Waals surface area contributed by atoms with E-state index in [-0.39, 0.29) is 17.6 Å². The number of hydrogen-bond acceptors (Lipinski definition) is 6. The van der Waals surface area contributed by atoms with Crippen molar-refractivity contribution in [3.63, 3.8) is 0 Å². The summed E-state index contributed by atoms with van der Waals surface area (Å²) in [5.41, 5.74) is 2.10. The number of nitro groups is 1. The number of piperidine rings is 3. The number of nitro benzene ring substituents is 1. The minimum Gasteiger partial charge on any atom is -0.436 e. The fourth-order valence-electron chi connectivity index (χ4n) is 4.37. The first-order valence-corrected chi connectivity index (χ1v) is 11.1. The molecule has 1 N–H and O–H groups in total. The topological polar surface area (TPSA) is 102 Å². The number of nitrogens with one attached hydrogen (secondary N) is 1. The monoisotopic (exact) mass is 518 g/mol. The van der Waals surface area contributed by atoms with E-state index in [0.29, 0.717) is 38.1 Å². The lowest BCUT2D eigenvalue weighted by atomic mass is 9.84. The van der Waals surface area contributed by atoms with Crippen molar-refractivity contribution in [1.82, 2.24) is 15.2 Å². The summed E-state index contributed by atoms with van der Waals surface area (Å²) in [5.74, 6) is 0.687. The molecule has 3 saturated heterocycles. The zero-order valence-electron chi connectivity index (χ0n) is 16.0. The minimum absolute atomic E-state index is 0.000742. The minimum atomic E-state index is -0.451. The molecule has 0 spiro atoms. The van der Waals surface area contributed by atoms with Gasteiger partial charge in [-0.1, -0.05) is 28.7 Å². The molecular weight excluding hydrogens is 499 g/mol. The maximum absolute atomic E-state index is 13.1. The van der Waals surface area contributed by atoms with Crippen molar-refractivity contribution in [1.29, 1.82) is 0 Å². The molecule has 3 aliphatic rings. The van der Waals surface area contributed by atoms with E-state index < -0.39 is 4.92 Å². The zero-order valence-corrected chi connectivity index (χ0v) is 18.1. The van der Waals surface area contributed by atoms with E-state index in [1.165, 1.54) is 12.1 Å². The Morgan fingerprint density at radius 2 is 1.93 bits per heavy atom. The van der Waals surface area contributed by atoms with Gasteiger partial charge in [0, 0.05) is 17.7 Å². The van der Waals surface area contributed by atoms with Gasteiger partial charge in [-0.3, -0.25) is 19.8 Å². The Hall–Kier alpha value is -2.53. The second-order valence-corrected chi connectivity index (χ2v) is 9.00. The van der Waals surface area contributed by atoms with Crippen LogP contribution in [0.5, 0.6) is 0 Å². The molecule has 2 bridgehead atoms. The Morgan fingerprint density at radius 3 is 2.60 bits per heavy atom. The largest absolute Gasteiger partial charge is 0.436 e. The number of para-hydroxylation sites is 1. The smallest absolute Gasteiger partial charge is 0.269 e. The van der Waals surface area contributed by atoms with Crippen molar-refractivity contribution in [2.24, 2.45) is 5.92 Å². The third kappa shape index (κ3) is 3.35. The summed E-state index contributed by atoms with van der Waals surface area (Å²) in [6, 6.07) is 11.4. The molecule has 6 rings (SSSR count). The molecule has 1 aromatic heterocycles. The number of benzene rings is 2. The van der Waals surface area contributed by atoms with Crippen LogP contribution in [0.2, 0.25) is 0 Å². The molecule has 4 heterocycles. The SMILES string of the molecule is O=C(NC1C2CCN(CC2)C1I)c1cccc2oc(-c3ccc([N+](=O)[O-])cc3)nc12. The van der Waals surface area contributed by atoms with Crippen LogP contribution in [0, 0.1) is 16.0 Å². The van der Waals surface area contributed by atoms with Crippen LogP contribution in [-0.2, 0) is 0 Å². The molecule has 1 amide bonds.